The zero-order chi connectivity index (χ0) is 64.7. The lowest BCUT2D eigenvalue weighted by molar-refractivity contribution is 0.590. The summed E-state index contributed by atoms with van der Waals surface area (Å²) in [7, 11) is 0. The van der Waals surface area contributed by atoms with Gasteiger partial charge in [0.15, 0.2) is 0 Å². The third-order valence-electron chi connectivity index (χ3n) is 20.9. The van der Waals surface area contributed by atoms with E-state index in [2.05, 4.69) is 374 Å². The highest BCUT2D eigenvalue weighted by molar-refractivity contribution is 7.00. The summed E-state index contributed by atoms with van der Waals surface area (Å²) in [6.45, 7) is 21.0. The first-order valence-electron chi connectivity index (χ1n) is 33.8. The van der Waals surface area contributed by atoms with Gasteiger partial charge in [-0.1, -0.05) is 287 Å². The van der Waals surface area contributed by atoms with Gasteiger partial charge in [-0.05, 0) is 178 Å². The van der Waals surface area contributed by atoms with Crippen LogP contribution in [0.25, 0.3) is 72.0 Å². The van der Waals surface area contributed by atoms with Crippen LogP contribution in [0.15, 0.2) is 297 Å². The average Bonchev–Trinajstić information content (AvgIpc) is 1.69. The Hall–Kier alpha value is -10.7. The molecule has 0 bridgehead atoms. The normalized spacial score (nSPS) is 13.8. The van der Waals surface area contributed by atoms with E-state index in [0.717, 1.165) is 22.7 Å². The number of nitrogens with zero attached hydrogens (tertiary/aromatic N) is 3. The Kier molecular flexibility index (Phi) is 13.3. The summed E-state index contributed by atoms with van der Waals surface area (Å²) in [6.07, 6.45) is 0. The van der Waals surface area contributed by atoms with E-state index >= 15 is 0 Å². The fourth-order valence-corrected chi connectivity index (χ4v) is 16.2. The van der Waals surface area contributed by atoms with Crippen LogP contribution in [0.3, 0.4) is 0 Å². The van der Waals surface area contributed by atoms with Crippen molar-refractivity contribution in [2.45, 2.75) is 84.0 Å². The fraction of sp³-hybridized carbons (Fsp3) is 0.143. The molecular weight excluding hydrogens is 1150 g/mol. The second-order valence-electron chi connectivity index (χ2n) is 29.7. The molecule has 17 rings (SSSR count). The summed E-state index contributed by atoms with van der Waals surface area (Å²) in [4.78, 5) is 5.32. The van der Waals surface area contributed by atoms with Gasteiger partial charge in [0, 0.05) is 50.3 Å². The second-order valence-corrected chi connectivity index (χ2v) is 29.7. The molecule has 4 heteroatoms. The molecule has 95 heavy (non-hydrogen) atoms. The largest absolute Gasteiger partial charge is 0.311 e. The first-order chi connectivity index (χ1) is 46.0. The summed E-state index contributed by atoms with van der Waals surface area (Å²) >= 11 is 0. The molecule has 0 atom stereocenters. The number of fused-ring (bicyclic) bond motifs is 10. The summed E-state index contributed by atoms with van der Waals surface area (Å²) in [6, 6.07) is 113. The van der Waals surface area contributed by atoms with Gasteiger partial charge in [0.2, 0.25) is 0 Å². The van der Waals surface area contributed by atoms with Crippen LogP contribution < -0.4 is 26.2 Å². The minimum Gasteiger partial charge on any atom is -0.311 e. The Labute approximate surface area is 560 Å². The quantitative estimate of drug-likeness (QED) is 0.141. The molecule has 0 N–H and O–H groups in total. The van der Waals surface area contributed by atoms with Crippen LogP contribution in [-0.2, 0) is 21.7 Å². The highest BCUT2D eigenvalue weighted by atomic mass is 15.2. The van der Waals surface area contributed by atoms with E-state index in [1.807, 2.05) is 0 Å². The lowest BCUT2D eigenvalue weighted by Gasteiger charge is -2.46. The number of rotatable bonds is 8. The maximum absolute atomic E-state index is 2.68. The lowest BCUT2D eigenvalue weighted by atomic mass is 9.33. The molecule has 458 valence electrons. The van der Waals surface area contributed by atoms with Gasteiger partial charge in [-0.2, -0.15) is 0 Å². The SMILES string of the molecule is CC(C)(C)c1ccc(N2c3ccc(-c4ccccc4)cc3B3c4ccc(-n5c6ccccc6c6cc7c(cc65)C(c5ccccc5)(c5ccccc5)c5ccccc5-7)cc4N(c4ccc(C(C)(C)C)cc4-c4ccccc4)c4cc(C(C)(C)C)cc2c43)c(-c2ccccc2)c1. The molecule has 1 aromatic heterocycles. The van der Waals surface area contributed by atoms with Crippen LogP contribution in [0.2, 0.25) is 0 Å². The Morgan fingerprint density at radius 2 is 0.779 bits per heavy atom. The van der Waals surface area contributed by atoms with Crippen LogP contribution in [0.1, 0.15) is 101 Å². The molecule has 0 unspecified atom stereocenters. The van der Waals surface area contributed by atoms with Crippen molar-refractivity contribution < 1.29 is 0 Å². The summed E-state index contributed by atoms with van der Waals surface area (Å²) in [5.41, 5.74) is 31.9. The van der Waals surface area contributed by atoms with E-state index in [9.17, 15) is 0 Å². The van der Waals surface area contributed by atoms with Crippen molar-refractivity contribution in [2.75, 3.05) is 9.80 Å². The van der Waals surface area contributed by atoms with Crippen LogP contribution >= 0.6 is 0 Å². The summed E-state index contributed by atoms with van der Waals surface area (Å²) < 4.78 is 2.58. The summed E-state index contributed by atoms with van der Waals surface area (Å²) in [5.74, 6) is 0. The molecule has 0 amide bonds. The molecule has 1 aliphatic carbocycles. The van der Waals surface area contributed by atoms with E-state index < -0.39 is 5.41 Å². The predicted molar refractivity (Wildman–Crippen MR) is 405 cm³/mol. The number of hydrogen-bond donors (Lipinski definition) is 0. The zero-order valence-electron chi connectivity index (χ0n) is 55.7. The zero-order valence-corrected chi connectivity index (χ0v) is 55.7. The highest BCUT2D eigenvalue weighted by Crippen LogP contribution is 2.58. The van der Waals surface area contributed by atoms with Gasteiger partial charge >= 0.3 is 0 Å². The Morgan fingerprint density at radius 3 is 1.35 bits per heavy atom. The minimum absolute atomic E-state index is 0.0784. The van der Waals surface area contributed by atoms with Gasteiger partial charge < -0.3 is 14.4 Å². The number of para-hydroxylation sites is 1. The van der Waals surface area contributed by atoms with Gasteiger partial charge in [-0.25, -0.2) is 0 Å². The predicted octanol–water partition coefficient (Wildman–Crippen LogP) is 22.1. The third-order valence-corrected chi connectivity index (χ3v) is 20.9. The number of anilines is 6. The maximum Gasteiger partial charge on any atom is 0.252 e. The van der Waals surface area contributed by atoms with Crippen molar-refractivity contribution in [3.63, 3.8) is 0 Å². The van der Waals surface area contributed by atoms with Crippen molar-refractivity contribution in [1.82, 2.24) is 4.57 Å². The van der Waals surface area contributed by atoms with Crippen LogP contribution in [-0.4, -0.2) is 11.3 Å². The standard InChI is InChI=1S/C91H76BN3/c1-88(2,3)65-44-49-80(71(52-65)60-31-17-11-18-32-60)94-82-48-43-62(59-29-15-10-16-30-59)51-78(82)92-77-47-46-68(56-84(77)95(86-55-67(90(7,8)9)54-85(94)87(86)92)81-50-45-66(89(4,5)6)53-72(81)61-33-19-12-20-34-61)93-79-42-28-26-40-70(79)74-57-73-69-39-25-27-41-75(69)91(76(73)58-83(74)93,63-35-21-13-22-36-63)64-37-23-14-24-38-64/h10-58H,1-9H3. The maximum atomic E-state index is 2.68. The van der Waals surface area contributed by atoms with E-state index in [1.54, 1.807) is 0 Å². The van der Waals surface area contributed by atoms with E-state index in [-0.39, 0.29) is 23.0 Å². The highest BCUT2D eigenvalue weighted by Gasteiger charge is 2.48. The van der Waals surface area contributed by atoms with Crippen molar-refractivity contribution in [1.29, 1.82) is 0 Å². The Morgan fingerprint density at radius 1 is 0.284 bits per heavy atom. The molecule has 2 aliphatic heterocycles. The first-order valence-corrected chi connectivity index (χ1v) is 33.8. The molecule has 3 heterocycles. The molecule has 14 aromatic rings. The second kappa shape index (κ2) is 21.7. The van der Waals surface area contributed by atoms with Gasteiger partial charge in [0.1, 0.15) is 0 Å². The molecule has 3 aliphatic rings. The molecule has 0 saturated heterocycles. The van der Waals surface area contributed by atoms with Crippen LogP contribution in [0.4, 0.5) is 34.1 Å². The molecule has 3 nitrogen and oxygen atoms in total. The van der Waals surface area contributed by atoms with E-state index in [0.29, 0.717) is 0 Å². The Balaban J connectivity index is 0.997. The topological polar surface area (TPSA) is 11.4 Å². The number of benzene rings is 13. The van der Waals surface area contributed by atoms with Crippen molar-refractivity contribution in [3.8, 4) is 50.2 Å². The minimum atomic E-state index is -0.576. The fourth-order valence-electron chi connectivity index (χ4n) is 16.2. The van der Waals surface area contributed by atoms with Crippen LogP contribution in [0, 0.1) is 0 Å². The lowest BCUT2D eigenvalue weighted by Crippen LogP contribution is -2.61. The Bertz CT molecular complexity index is 5320. The van der Waals surface area contributed by atoms with E-state index in [1.165, 1.54) is 139 Å². The van der Waals surface area contributed by atoms with Crippen molar-refractivity contribution >= 4 is 79.0 Å². The number of hydrogen-bond acceptors (Lipinski definition) is 2. The van der Waals surface area contributed by atoms with E-state index in [4.69, 9.17) is 0 Å². The van der Waals surface area contributed by atoms with Crippen molar-refractivity contribution in [2.24, 2.45) is 0 Å². The van der Waals surface area contributed by atoms with Gasteiger partial charge in [0.05, 0.1) is 27.8 Å². The monoisotopic (exact) mass is 1220 g/mol. The van der Waals surface area contributed by atoms with Gasteiger partial charge in [-0.3, -0.25) is 0 Å². The molecule has 0 fully saturated rings. The molecule has 13 aromatic carbocycles. The third kappa shape index (κ3) is 9.16. The van der Waals surface area contributed by atoms with Crippen LogP contribution in [0.5, 0.6) is 0 Å². The molecule has 0 saturated carbocycles. The van der Waals surface area contributed by atoms with Gasteiger partial charge in [0.25, 0.3) is 6.71 Å². The first kappa shape index (κ1) is 58.2. The molecular formula is C91H76BN3. The molecule has 0 spiro atoms. The van der Waals surface area contributed by atoms with Crippen molar-refractivity contribution in [3.05, 3.63) is 336 Å². The smallest absolute Gasteiger partial charge is 0.252 e. The summed E-state index contributed by atoms with van der Waals surface area (Å²) in [5, 5.41) is 2.46. The molecule has 0 radical (unpaired) electrons. The average molecular weight is 1220 g/mol. The van der Waals surface area contributed by atoms with Gasteiger partial charge in [-0.15, -0.1) is 0 Å². The number of aromatic nitrogens is 1.